The van der Waals surface area contributed by atoms with Crippen LogP contribution in [0.3, 0.4) is 0 Å². The number of ether oxygens (including phenoxy) is 2. The molecule has 25 heavy (non-hydrogen) atoms. The van der Waals surface area contributed by atoms with Crippen molar-refractivity contribution in [2.75, 3.05) is 0 Å². The molecule has 0 heterocycles. The van der Waals surface area contributed by atoms with Crippen molar-refractivity contribution in [2.24, 2.45) is 5.92 Å². The molecular weight excluding hydrogens is 312 g/mol. The number of rotatable bonds is 7. The number of carbonyl (C=O) groups is 1. The van der Waals surface area contributed by atoms with Gasteiger partial charge in [0.2, 0.25) is 0 Å². The predicted octanol–water partition coefficient (Wildman–Crippen LogP) is 5.87. The first-order valence-electron chi connectivity index (χ1n) is 9.84. The van der Waals surface area contributed by atoms with Gasteiger partial charge in [-0.3, -0.25) is 4.79 Å². The smallest absolute Gasteiger partial charge is 0.308 e. The highest BCUT2D eigenvalue weighted by Gasteiger charge is 2.26. The Morgan fingerprint density at radius 2 is 1.72 bits per heavy atom. The van der Waals surface area contributed by atoms with E-state index in [0.717, 1.165) is 44.3 Å². The van der Waals surface area contributed by atoms with E-state index in [1.54, 1.807) is 0 Å². The number of benzene rings is 1. The second-order valence-electron chi connectivity index (χ2n) is 8.00. The molecule has 1 unspecified atom stereocenters. The Morgan fingerprint density at radius 3 is 2.24 bits per heavy atom. The molecule has 0 N–H and O–H groups in total. The van der Waals surface area contributed by atoms with Crippen molar-refractivity contribution in [3.05, 3.63) is 29.8 Å². The maximum absolute atomic E-state index is 11.9. The van der Waals surface area contributed by atoms with Crippen LogP contribution in [0.4, 0.5) is 0 Å². The van der Waals surface area contributed by atoms with Gasteiger partial charge in [0.1, 0.15) is 17.5 Å². The van der Waals surface area contributed by atoms with Crippen LogP contribution in [-0.4, -0.2) is 17.7 Å². The van der Waals surface area contributed by atoms with Crippen molar-refractivity contribution in [1.29, 1.82) is 0 Å². The van der Waals surface area contributed by atoms with Gasteiger partial charge in [0, 0.05) is 0 Å². The fraction of sp³-hybridized carbons (Fsp3) is 0.682. The molecule has 0 radical (unpaired) electrons. The summed E-state index contributed by atoms with van der Waals surface area (Å²) < 4.78 is 11.7. The summed E-state index contributed by atoms with van der Waals surface area (Å²) in [5.74, 6) is 1.47. The van der Waals surface area contributed by atoms with E-state index in [1.165, 1.54) is 5.56 Å². The molecule has 0 spiro atoms. The van der Waals surface area contributed by atoms with Gasteiger partial charge in [0.05, 0.1) is 5.92 Å². The van der Waals surface area contributed by atoms with Crippen LogP contribution in [0.25, 0.3) is 0 Å². The van der Waals surface area contributed by atoms with Gasteiger partial charge in [-0.25, -0.2) is 0 Å². The third kappa shape index (κ3) is 5.76. The zero-order valence-electron chi connectivity index (χ0n) is 16.5. The minimum Gasteiger partial charge on any atom is -0.488 e. The summed E-state index contributed by atoms with van der Waals surface area (Å²) in [6.45, 7) is 10.3. The summed E-state index contributed by atoms with van der Waals surface area (Å²) in [7, 11) is 0. The van der Waals surface area contributed by atoms with Crippen molar-refractivity contribution in [1.82, 2.24) is 0 Å². The average Bonchev–Trinajstić information content (AvgIpc) is 2.62. The standard InChI is InChI=1S/C22H34O3/c1-6-16(3)21(23)24-19-12-8-17(9-13-19)18-10-14-20(15-11-18)25-22(4,5)7-2/h10-11,14-17,19H,6-9,12-13H2,1-5H3. The van der Waals surface area contributed by atoms with Crippen LogP contribution in [0.2, 0.25) is 0 Å². The SMILES string of the molecule is CCC(C)C(=O)OC1CCC(c2ccc(OC(C)(C)CC)cc2)CC1. The van der Waals surface area contributed by atoms with Crippen LogP contribution in [0.1, 0.15) is 84.6 Å². The first kappa shape index (κ1) is 19.8. The largest absolute Gasteiger partial charge is 0.488 e. The first-order valence-corrected chi connectivity index (χ1v) is 9.84. The van der Waals surface area contributed by atoms with Crippen LogP contribution in [0, 0.1) is 5.92 Å². The van der Waals surface area contributed by atoms with Crippen LogP contribution in [0.15, 0.2) is 24.3 Å². The zero-order valence-corrected chi connectivity index (χ0v) is 16.5. The topological polar surface area (TPSA) is 35.5 Å². The van der Waals surface area contributed by atoms with Crippen molar-refractivity contribution >= 4 is 5.97 Å². The van der Waals surface area contributed by atoms with E-state index in [-0.39, 0.29) is 23.6 Å². The minimum absolute atomic E-state index is 0.0117. The Bertz CT molecular complexity index is 539. The Labute approximate surface area is 153 Å². The quantitative estimate of drug-likeness (QED) is 0.579. The molecule has 1 aliphatic carbocycles. The molecule has 1 atom stereocenters. The summed E-state index contributed by atoms with van der Waals surface area (Å²) in [6.07, 6.45) is 6.02. The lowest BCUT2D eigenvalue weighted by molar-refractivity contribution is -0.155. The second-order valence-corrected chi connectivity index (χ2v) is 8.00. The zero-order chi connectivity index (χ0) is 18.4. The number of hydrogen-bond acceptors (Lipinski definition) is 3. The van der Waals surface area contributed by atoms with E-state index < -0.39 is 0 Å². The third-order valence-electron chi connectivity index (χ3n) is 5.57. The van der Waals surface area contributed by atoms with E-state index >= 15 is 0 Å². The maximum Gasteiger partial charge on any atom is 0.308 e. The molecule has 2 rings (SSSR count). The lowest BCUT2D eigenvalue weighted by Gasteiger charge is -2.29. The highest BCUT2D eigenvalue weighted by atomic mass is 16.5. The molecule has 1 aromatic rings. The fourth-order valence-corrected chi connectivity index (χ4v) is 3.16. The summed E-state index contributed by atoms with van der Waals surface area (Å²) in [4.78, 5) is 11.9. The molecule has 140 valence electrons. The van der Waals surface area contributed by atoms with Crippen LogP contribution in [-0.2, 0) is 9.53 Å². The van der Waals surface area contributed by atoms with E-state index in [2.05, 4.69) is 45.0 Å². The van der Waals surface area contributed by atoms with Crippen LogP contribution in [0.5, 0.6) is 5.75 Å². The van der Waals surface area contributed by atoms with Crippen molar-refractivity contribution in [3.8, 4) is 5.75 Å². The predicted molar refractivity (Wildman–Crippen MR) is 102 cm³/mol. The number of carbonyl (C=O) groups excluding carboxylic acids is 1. The highest BCUT2D eigenvalue weighted by Crippen LogP contribution is 2.35. The van der Waals surface area contributed by atoms with Gasteiger partial charge in [0.25, 0.3) is 0 Å². The van der Waals surface area contributed by atoms with Gasteiger partial charge in [0.15, 0.2) is 0 Å². The van der Waals surface area contributed by atoms with Gasteiger partial charge >= 0.3 is 5.97 Å². The molecule has 1 fully saturated rings. The molecule has 1 aliphatic rings. The third-order valence-corrected chi connectivity index (χ3v) is 5.57. The fourth-order valence-electron chi connectivity index (χ4n) is 3.16. The molecule has 0 saturated heterocycles. The van der Waals surface area contributed by atoms with Gasteiger partial charge in [-0.1, -0.05) is 32.9 Å². The van der Waals surface area contributed by atoms with Gasteiger partial charge < -0.3 is 9.47 Å². The number of hydrogen-bond donors (Lipinski definition) is 0. The van der Waals surface area contributed by atoms with E-state index in [0.29, 0.717) is 5.92 Å². The van der Waals surface area contributed by atoms with E-state index in [1.807, 2.05) is 13.8 Å². The Morgan fingerprint density at radius 1 is 1.12 bits per heavy atom. The molecule has 1 aromatic carbocycles. The normalized spacial score (nSPS) is 22.3. The summed E-state index contributed by atoms with van der Waals surface area (Å²) in [5.41, 5.74) is 1.24. The van der Waals surface area contributed by atoms with Gasteiger partial charge in [-0.2, -0.15) is 0 Å². The maximum atomic E-state index is 11.9. The molecule has 0 bridgehead atoms. The Kier molecular flexibility index (Phi) is 6.92. The summed E-state index contributed by atoms with van der Waals surface area (Å²) in [6, 6.07) is 8.55. The van der Waals surface area contributed by atoms with Gasteiger partial charge in [-0.05, 0) is 76.0 Å². The minimum atomic E-state index is -0.126. The summed E-state index contributed by atoms with van der Waals surface area (Å²) >= 11 is 0. The molecule has 0 aromatic heterocycles. The lowest BCUT2D eigenvalue weighted by Crippen LogP contribution is -2.27. The van der Waals surface area contributed by atoms with Crippen molar-refractivity contribution in [2.45, 2.75) is 90.8 Å². The molecule has 3 heteroatoms. The first-order chi connectivity index (χ1) is 11.8. The molecule has 3 nitrogen and oxygen atoms in total. The second kappa shape index (κ2) is 8.73. The van der Waals surface area contributed by atoms with E-state index in [9.17, 15) is 4.79 Å². The molecule has 0 aliphatic heterocycles. The number of esters is 1. The molecular formula is C22H34O3. The average molecular weight is 347 g/mol. The van der Waals surface area contributed by atoms with Crippen LogP contribution >= 0.6 is 0 Å². The van der Waals surface area contributed by atoms with Gasteiger partial charge in [-0.15, -0.1) is 0 Å². The molecule has 0 amide bonds. The van der Waals surface area contributed by atoms with Crippen molar-refractivity contribution < 1.29 is 14.3 Å². The molecule has 1 saturated carbocycles. The van der Waals surface area contributed by atoms with E-state index in [4.69, 9.17) is 9.47 Å². The van der Waals surface area contributed by atoms with Crippen LogP contribution < -0.4 is 4.74 Å². The van der Waals surface area contributed by atoms with Crippen molar-refractivity contribution in [3.63, 3.8) is 0 Å². The monoisotopic (exact) mass is 346 g/mol. The summed E-state index contributed by atoms with van der Waals surface area (Å²) in [5, 5.41) is 0. The Hall–Kier alpha value is -1.51. The Balaban J connectivity index is 1.85. The lowest BCUT2D eigenvalue weighted by atomic mass is 9.82. The highest BCUT2D eigenvalue weighted by molar-refractivity contribution is 5.72.